The third-order valence-corrected chi connectivity index (χ3v) is 15.5. The van der Waals surface area contributed by atoms with Crippen LogP contribution in [-0.2, 0) is 29.5 Å². The van der Waals surface area contributed by atoms with Gasteiger partial charge in [-0.3, -0.25) is 34.8 Å². The van der Waals surface area contributed by atoms with Crippen LogP contribution in [0.4, 0.5) is 86.8 Å². The minimum atomic E-state index is -4.85. The highest BCUT2D eigenvalue weighted by Crippen LogP contribution is 2.40. The number of nitro groups is 2. The van der Waals surface area contributed by atoms with E-state index in [0.29, 0.717) is 77.8 Å². The summed E-state index contributed by atoms with van der Waals surface area (Å²) >= 11 is 5.63. The lowest BCUT2D eigenvalue weighted by Gasteiger charge is -2.37. The predicted molar refractivity (Wildman–Crippen MR) is 289 cm³/mol. The highest BCUT2D eigenvalue weighted by molar-refractivity contribution is 7.80. The third kappa shape index (κ3) is 17.7. The molecule has 82 heavy (non-hydrogen) atoms. The molecule has 0 atom stereocenters. The minimum Gasteiger partial charge on any atom is -0.382 e. The lowest BCUT2D eigenvalue weighted by Crippen LogP contribution is -2.47. The summed E-state index contributed by atoms with van der Waals surface area (Å²) in [6.45, 7) is 9.77. The number of nitro benzene ring substituents is 2. The molecule has 4 heterocycles. The van der Waals surface area contributed by atoms with Crippen molar-refractivity contribution in [3.8, 4) is 0 Å². The van der Waals surface area contributed by atoms with Crippen molar-refractivity contribution >= 4 is 57.2 Å². The van der Waals surface area contributed by atoms with Gasteiger partial charge in [0.1, 0.15) is 11.1 Å². The molecule has 0 saturated carbocycles. The number of piperazine rings is 2. The zero-order chi connectivity index (χ0) is 59.6. The van der Waals surface area contributed by atoms with Gasteiger partial charge in [0.25, 0.3) is 11.4 Å². The Morgan fingerprint density at radius 2 is 0.841 bits per heavy atom. The summed E-state index contributed by atoms with van der Waals surface area (Å²) in [5.41, 5.74) is -3.99. The molecule has 28 heteroatoms. The van der Waals surface area contributed by atoms with Crippen molar-refractivity contribution in [3.63, 3.8) is 0 Å². The van der Waals surface area contributed by atoms with Crippen LogP contribution in [0, 0.1) is 20.2 Å². The molecule has 0 radical (unpaired) electrons. The number of piperidine rings is 2. The average Bonchev–Trinajstić information content (AvgIpc) is 3.55. The topological polar surface area (TPSA) is 147 Å². The number of rotatable bonds is 16. The second kappa shape index (κ2) is 27.1. The molecule has 4 aliphatic rings. The van der Waals surface area contributed by atoms with Gasteiger partial charge < -0.3 is 30.2 Å². The van der Waals surface area contributed by atoms with E-state index in [1.54, 1.807) is 4.90 Å². The first-order valence-electron chi connectivity index (χ1n) is 26.7. The van der Waals surface area contributed by atoms with Gasteiger partial charge in [-0.1, -0.05) is 12.2 Å². The van der Waals surface area contributed by atoms with E-state index in [1.807, 2.05) is 4.90 Å². The number of thiocarbonyl (C=S) groups is 1. The third-order valence-electron chi connectivity index (χ3n) is 15.0. The number of alkyl halides is 12. The molecule has 0 unspecified atom stereocenters. The number of carbonyl (C=O) groups is 1. The Kier molecular flexibility index (Phi) is 20.8. The van der Waals surface area contributed by atoms with Gasteiger partial charge in [0.15, 0.2) is 0 Å². The van der Waals surface area contributed by atoms with Crippen LogP contribution >= 0.6 is 12.2 Å². The second-order valence-electron chi connectivity index (χ2n) is 20.5. The van der Waals surface area contributed by atoms with E-state index in [0.717, 1.165) is 130 Å². The Balaban J connectivity index is 0.000000236. The molecular formula is C54H62F12N10O5S. The number of halogens is 12. The number of nitrogens with zero attached hydrogens (tertiary/aromatic N) is 8. The lowest BCUT2D eigenvalue weighted by molar-refractivity contribution is -0.388. The number of carbonyl (C=O) groups excluding carboxylic acids is 1. The minimum absolute atomic E-state index is 0.0153. The van der Waals surface area contributed by atoms with E-state index in [4.69, 9.17) is 12.2 Å². The molecule has 448 valence electrons. The number of nitrogens with one attached hydrogen (secondary N) is 2. The molecular weight excluding hydrogens is 1130 g/mol. The molecule has 4 aliphatic heterocycles. The zero-order valence-electron chi connectivity index (χ0n) is 44.4. The lowest BCUT2D eigenvalue weighted by atomic mass is 10.0. The van der Waals surface area contributed by atoms with Crippen LogP contribution in [0.3, 0.4) is 0 Å². The van der Waals surface area contributed by atoms with Crippen LogP contribution in [0.2, 0.25) is 0 Å². The van der Waals surface area contributed by atoms with E-state index >= 15 is 0 Å². The first kappa shape index (κ1) is 62.9. The number of anilines is 4. The Morgan fingerprint density at radius 3 is 1.18 bits per heavy atom. The molecule has 15 nitrogen and oxygen atoms in total. The van der Waals surface area contributed by atoms with Gasteiger partial charge in [-0.25, -0.2) is 0 Å². The number of likely N-dealkylation sites (tertiary alicyclic amines) is 2. The van der Waals surface area contributed by atoms with Gasteiger partial charge in [0, 0.05) is 132 Å². The van der Waals surface area contributed by atoms with Crippen LogP contribution in [0.25, 0.3) is 0 Å². The molecule has 4 aromatic rings. The molecule has 0 aliphatic carbocycles. The van der Waals surface area contributed by atoms with Crippen molar-refractivity contribution in [2.75, 3.05) is 112 Å². The highest BCUT2D eigenvalue weighted by atomic mass is 32.1. The zero-order valence-corrected chi connectivity index (χ0v) is 45.2. The summed E-state index contributed by atoms with van der Waals surface area (Å²) in [6, 6.07) is 16.0. The standard InChI is InChI=1S/C27H31F6N5O3.C27H31F6N5O2S/c28-26(29,30)19-3-6-22(7-4-19)36-16-14-35(15-17-36)11-1-2-25(39)37-12-9-20(10-13-37)34-21-5-8-24(38(40)41)23(18-21)27(31,32)33;28-26(29,30)19-3-6-22(7-4-19)36-16-14-35(15-17-36)11-1-2-25(41)37-12-9-20(10-13-37)34-21-5-8-24(38(39)40)23(18-21)27(31,32)33/h2*3-8,18,20,34H,1-2,9-17H2. The van der Waals surface area contributed by atoms with Crippen molar-refractivity contribution < 1.29 is 67.3 Å². The summed E-state index contributed by atoms with van der Waals surface area (Å²) in [7, 11) is 0. The van der Waals surface area contributed by atoms with E-state index in [9.17, 15) is 77.7 Å². The largest absolute Gasteiger partial charge is 0.423 e. The second-order valence-corrected chi connectivity index (χ2v) is 21.0. The first-order chi connectivity index (χ1) is 38.6. The fourth-order valence-corrected chi connectivity index (χ4v) is 10.8. The molecule has 0 aromatic heterocycles. The van der Waals surface area contributed by atoms with E-state index in [-0.39, 0.29) is 29.4 Å². The van der Waals surface area contributed by atoms with Crippen molar-refractivity contribution in [2.24, 2.45) is 0 Å². The van der Waals surface area contributed by atoms with Gasteiger partial charge in [-0.05, 0) is 131 Å². The van der Waals surface area contributed by atoms with Crippen molar-refractivity contribution in [1.82, 2.24) is 19.6 Å². The number of hydrogen-bond donors (Lipinski definition) is 2. The average molecular weight is 1190 g/mol. The number of amides is 1. The first-order valence-corrected chi connectivity index (χ1v) is 27.1. The molecule has 4 aromatic carbocycles. The summed E-state index contributed by atoms with van der Waals surface area (Å²) in [5.74, 6) is 0.0153. The molecule has 4 fully saturated rings. The fraction of sp³-hybridized carbons (Fsp3) is 0.519. The summed E-state index contributed by atoms with van der Waals surface area (Å²) in [6.07, 6.45) is -13.3. The summed E-state index contributed by atoms with van der Waals surface area (Å²) in [4.78, 5) is 45.9. The Hall–Kier alpha value is -6.68. The van der Waals surface area contributed by atoms with Crippen molar-refractivity contribution in [2.45, 2.75) is 88.2 Å². The van der Waals surface area contributed by atoms with Crippen molar-refractivity contribution in [3.05, 3.63) is 127 Å². The van der Waals surface area contributed by atoms with Crippen LogP contribution in [-0.4, -0.2) is 144 Å². The highest BCUT2D eigenvalue weighted by Gasteiger charge is 2.40. The maximum Gasteiger partial charge on any atom is 0.423 e. The van der Waals surface area contributed by atoms with Crippen LogP contribution < -0.4 is 20.4 Å². The number of hydrogen-bond acceptors (Lipinski definition) is 12. The van der Waals surface area contributed by atoms with Gasteiger partial charge >= 0.3 is 24.7 Å². The molecule has 1 amide bonds. The Labute approximate surface area is 470 Å². The monoisotopic (exact) mass is 1190 g/mol. The maximum absolute atomic E-state index is 13.3. The summed E-state index contributed by atoms with van der Waals surface area (Å²) in [5, 5.41) is 28.0. The molecule has 8 rings (SSSR count). The Morgan fingerprint density at radius 1 is 0.488 bits per heavy atom. The quantitative estimate of drug-likeness (QED) is 0.0475. The van der Waals surface area contributed by atoms with Crippen LogP contribution in [0.1, 0.15) is 73.6 Å². The maximum atomic E-state index is 13.3. The normalized spacial score (nSPS) is 17.5. The predicted octanol–water partition coefficient (Wildman–Crippen LogP) is 12.1. The van der Waals surface area contributed by atoms with Gasteiger partial charge in [-0.2, -0.15) is 52.7 Å². The molecule has 0 bridgehead atoms. The molecule has 2 N–H and O–H groups in total. The van der Waals surface area contributed by atoms with E-state index in [1.165, 1.54) is 36.4 Å². The Bertz CT molecular complexity index is 2600. The van der Waals surface area contributed by atoms with E-state index < -0.39 is 68.2 Å². The van der Waals surface area contributed by atoms with Gasteiger partial charge in [0.2, 0.25) is 5.91 Å². The van der Waals surface area contributed by atoms with Crippen molar-refractivity contribution in [1.29, 1.82) is 0 Å². The van der Waals surface area contributed by atoms with Gasteiger partial charge in [-0.15, -0.1) is 0 Å². The smallest absolute Gasteiger partial charge is 0.382 e. The fourth-order valence-electron chi connectivity index (χ4n) is 10.4. The van der Waals surface area contributed by atoms with Crippen LogP contribution in [0.15, 0.2) is 84.9 Å². The summed E-state index contributed by atoms with van der Waals surface area (Å²) < 4.78 is 156. The molecule has 0 spiro atoms. The SMILES string of the molecule is O=C(CCCN1CCN(c2ccc(C(F)(F)F)cc2)CC1)N1CCC(Nc2ccc([N+](=O)[O-])c(C(F)(F)F)c2)CC1.O=[N+]([O-])c1ccc(NC2CCN(C(=S)CCCN3CCN(c4ccc(C(F)(F)F)cc4)CC3)CC2)cc1C(F)(F)F. The molecule has 4 saturated heterocycles. The van der Waals surface area contributed by atoms with Gasteiger partial charge in [0.05, 0.1) is 26.0 Å². The number of benzene rings is 4. The van der Waals surface area contributed by atoms with E-state index in [2.05, 4.69) is 30.2 Å². The van der Waals surface area contributed by atoms with Crippen LogP contribution in [0.5, 0.6) is 0 Å².